The Hall–Kier alpha value is -2.82. The van der Waals surface area contributed by atoms with E-state index in [0.717, 1.165) is 5.56 Å². The highest BCUT2D eigenvalue weighted by Gasteiger charge is 2.16. The van der Waals surface area contributed by atoms with Crippen molar-refractivity contribution in [1.82, 2.24) is 5.32 Å². The van der Waals surface area contributed by atoms with Gasteiger partial charge in [0.1, 0.15) is 6.61 Å². The zero-order valence-electron chi connectivity index (χ0n) is 11.3. The van der Waals surface area contributed by atoms with E-state index in [9.17, 15) is 9.59 Å². The number of rotatable bonds is 5. The van der Waals surface area contributed by atoms with Crippen LogP contribution in [0.25, 0.3) is 6.08 Å². The molecular weight excluding hydrogens is 270 g/mol. The van der Waals surface area contributed by atoms with Gasteiger partial charge in [0, 0.05) is 12.7 Å². The van der Waals surface area contributed by atoms with Crippen LogP contribution in [0.5, 0.6) is 0 Å². The first-order valence-electron chi connectivity index (χ1n) is 6.43. The number of nitrogens with one attached hydrogen (secondary N) is 1. The number of esters is 1. The van der Waals surface area contributed by atoms with Crippen molar-refractivity contribution < 1.29 is 19.4 Å². The second-order valence-corrected chi connectivity index (χ2v) is 4.37. The Labute approximate surface area is 122 Å². The predicted octanol–water partition coefficient (Wildman–Crippen LogP) is 1.74. The van der Waals surface area contributed by atoms with Gasteiger partial charge >= 0.3 is 11.9 Å². The molecule has 2 N–H and O–H groups in total. The Balaban J connectivity index is 1.87. The number of dihydropyridines is 1. The van der Waals surface area contributed by atoms with Gasteiger partial charge in [0.05, 0.1) is 11.1 Å². The van der Waals surface area contributed by atoms with Crippen molar-refractivity contribution in [2.24, 2.45) is 0 Å². The maximum absolute atomic E-state index is 11.8. The van der Waals surface area contributed by atoms with E-state index < -0.39 is 11.9 Å². The number of carboxylic acids is 1. The minimum absolute atomic E-state index is 0.126. The molecule has 5 nitrogen and oxygen atoms in total. The standard InChI is InChI=1S/C16H15NO4/c18-15(19)13-9-14(11-17-10-13)16(20)21-8-4-7-12-5-2-1-3-6-12/h1-7,9,11,17H,8,10H2,(H,18,19). The summed E-state index contributed by atoms with van der Waals surface area (Å²) in [5.74, 6) is -1.61. The molecule has 2 rings (SSSR count). The molecule has 5 heteroatoms. The minimum atomic E-state index is -1.05. The normalized spacial score (nSPS) is 14.1. The second-order valence-electron chi connectivity index (χ2n) is 4.37. The molecule has 21 heavy (non-hydrogen) atoms. The largest absolute Gasteiger partial charge is 0.478 e. The Morgan fingerprint density at radius 1 is 1.29 bits per heavy atom. The molecule has 0 radical (unpaired) electrons. The number of benzene rings is 1. The van der Waals surface area contributed by atoms with Crippen LogP contribution in [0.4, 0.5) is 0 Å². The summed E-state index contributed by atoms with van der Waals surface area (Å²) in [5.41, 5.74) is 1.34. The summed E-state index contributed by atoms with van der Waals surface area (Å²) < 4.78 is 5.06. The van der Waals surface area contributed by atoms with Gasteiger partial charge < -0.3 is 15.2 Å². The fraction of sp³-hybridized carbons (Fsp3) is 0.125. The van der Waals surface area contributed by atoms with Crippen LogP contribution in [0.15, 0.2) is 59.8 Å². The molecule has 0 saturated heterocycles. The lowest BCUT2D eigenvalue weighted by Gasteiger charge is -2.11. The highest BCUT2D eigenvalue weighted by molar-refractivity contribution is 5.96. The van der Waals surface area contributed by atoms with Gasteiger partial charge in [0.2, 0.25) is 0 Å². The molecule has 0 aromatic heterocycles. The van der Waals surface area contributed by atoms with Crippen molar-refractivity contribution in [3.8, 4) is 0 Å². The van der Waals surface area contributed by atoms with E-state index >= 15 is 0 Å². The molecule has 0 unspecified atom stereocenters. The molecular formula is C16H15NO4. The molecule has 0 atom stereocenters. The van der Waals surface area contributed by atoms with Crippen LogP contribution in [0.3, 0.4) is 0 Å². The third-order valence-corrected chi connectivity index (χ3v) is 2.81. The number of carboxylic acid groups (broad SMARTS) is 1. The van der Waals surface area contributed by atoms with Crippen LogP contribution in [0.1, 0.15) is 5.56 Å². The van der Waals surface area contributed by atoms with Crippen molar-refractivity contribution in [2.45, 2.75) is 0 Å². The first-order valence-corrected chi connectivity index (χ1v) is 6.43. The zero-order valence-corrected chi connectivity index (χ0v) is 11.3. The average molecular weight is 285 g/mol. The van der Waals surface area contributed by atoms with E-state index in [1.165, 1.54) is 12.3 Å². The number of aliphatic carboxylic acids is 1. The number of hydrogen-bond donors (Lipinski definition) is 2. The third-order valence-electron chi connectivity index (χ3n) is 2.81. The molecule has 0 fully saturated rings. The Morgan fingerprint density at radius 3 is 2.76 bits per heavy atom. The fourth-order valence-electron chi connectivity index (χ4n) is 1.76. The van der Waals surface area contributed by atoms with E-state index in [0.29, 0.717) is 0 Å². The average Bonchev–Trinajstić information content (AvgIpc) is 2.52. The van der Waals surface area contributed by atoms with Gasteiger partial charge in [-0.15, -0.1) is 0 Å². The Bertz CT molecular complexity index is 614. The van der Waals surface area contributed by atoms with Gasteiger partial charge in [-0.25, -0.2) is 9.59 Å². The maximum atomic E-state index is 11.8. The van der Waals surface area contributed by atoms with Crippen LogP contribution in [-0.4, -0.2) is 30.2 Å². The monoisotopic (exact) mass is 285 g/mol. The number of carbonyl (C=O) groups excluding carboxylic acids is 1. The maximum Gasteiger partial charge on any atom is 0.339 e. The van der Waals surface area contributed by atoms with Crippen LogP contribution in [0.2, 0.25) is 0 Å². The van der Waals surface area contributed by atoms with Crippen molar-refractivity contribution in [1.29, 1.82) is 0 Å². The van der Waals surface area contributed by atoms with Gasteiger partial charge in [-0.2, -0.15) is 0 Å². The van der Waals surface area contributed by atoms with Crippen LogP contribution in [0, 0.1) is 0 Å². The van der Waals surface area contributed by atoms with E-state index in [-0.39, 0.29) is 24.3 Å². The molecule has 1 aliphatic rings. The first-order chi connectivity index (χ1) is 10.2. The summed E-state index contributed by atoms with van der Waals surface area (Å²) in [7, 11) is 0. The van der Waals surface area contributed by atoms with Crippen molar-refractivity contribution >= 4 is 18.0 Å². The fourth-order valence-corrected chi connectivity index (χ4v) is 1.76. The summed E-state index contributed by atoms with van der Waals surface area (Å²) in [6.07, 6.45) is 6.35. The highest BCUT2D eigenvalue weighted by atomic mass is 16.5. The first kappa shape index (κ1) is 14.6. The van der Waals surface area contributed by atoms with Crippen LogP contribution < -0.4 is 5.32 Å². The summed E-state index contributed by atoms with van der Waals surface area (Å²) in [4.78, 5) is 22.6. The van der Waals surface area contributed by atoms with Crippen molar-refractivity contribution in [2.75, 3.05) is 13.2 Å². The van der Waals surface area contributed by atoms with E-state index in [1.54, 1.807) is 6.08 Å². The molecule has 1 aromatic carbocycles. The third kappa shape index (κ3) is 4.35. The van der Waals surface area contributed by atoms with Gasteiger partial charge in [-0.3, -0.25) is 0 Å². The lowest BCUT2D eigenvalue weighted by molar-refractivity contribution is -0.137. The molecule has 1 aromatic rings. The molecule has 1 aliphatic heterocycles. The summed E-state index contributed by atoms with van der Waals surface area (Å²) >= 11 is 0. The predicted molar refractivity (Wildman–Crippen MR) is 78.2 cm³/mol. The highest BCUT2D eigenvalue weighted by Crippen LogP contribution is 2.09. The van der Waals surface area contributed by atoms with Crippen LogP contribution >= 0.6 is 0 Å². The van der Waals surface area contributed by atoms with Crippen LogP contribution in [-0.2, 0) is 14.3 Å². The lowest BCUT2D eigenvalue weighted by Crippen LogP contribution is -2.23. The molecule has 0 amide bonds. The molecule has 1 heterocycles. The number of ether oxygens (including phenoxy) is 1. The van der Waals surface area contributed by atoms with E-state index in [2.05, 4.69) is 5.32 Å². The van der Waals surface area contributed by atoms with E-state index in [4.69, 9.17) is 9.84 Å². The number of hydrogen-bond acceptors (Lipinski definition) is 4. The number of carbonyl (C=O) groups is 2. The van der Waals surface area contributed by atoms with Gasteiger partial charge in [-0.1, -0.05) is 36.4 Å². The van der Waals surface area contributed by atoms with Gasteiger partial charge in [0.15, 0.2) is 0 Å². The quantitative estimate of drug-likeness (QED) is 0.806. The van der Waals surface area contributed by atoms with Gasteiger partial charge in [0.25, 0.3) is 0 Å². The summed E-state index contributed by atoms with van der Waals surface area (Å²) in [6, 6.07) is 9.64. The zero-order chi connectivity index (χ0) is 15.1. The molecule has 0 bridgehead atoms. The van der Waals surface area contributed by atoms with Gasteiger partial charge in [-0.05, 0) is 17.7 Å². The van der Waals surface area contributed by atoms with Crippen molar-refractivity contribution in [3.05, 3.63) is 65.4 Å². The topological polar surface area (TPSA) is 75.6 Å². The Morgan fingerprint density at radius 2 is 2.05 bits per heavy atom. The summed E-state index contributed by atoms with van der Waals surface area (Å²) in [6.45, 7) is 0.321. The van der Waals surface area contributed by atoms with E-state index in [1.807, 2.05) is 36.4 Å². The molecule has 108 valence electrons. The summed E-state index contributed by atoms with van der Waals surface area (Å²) in [5, 5.41) is 11.6. The minimum Gasteiger partial charge on any atom is -0.478 e. The molecule has 0 spiro atoms. The SMILES string of the molecule is O=C(O)C1=CC(C(=O)OCC=Cc2ccccc2)=CNC1. The lowest BCUT2D eigenvalue weighted by atomic mass is 10.1. The molecule has 0 saturated carbocycles. The Kier molecular flexibility index (Phi) is 4.93. The smallest absolute Gasteiger partial charge is 0.339 e. The second kappa shape index (κ2) is 7.09. The van der Waals surface area contributed by atoms with Crippen molar-refractivity contribution in [3.63, 3.8) is 0 Å². The molecule has 0 aliphatic carbocycles.